The van der Waals surface area contributed by atoms with Crippen molar-refractivity contribution in [3.05, 3.63) is 57.5 Å². The number of rotatable bonds is 5. The highest BCUT2D eigenvalue weighted by Crippen LogP contribution is 2.25. The molecular formula is C16H20BrNO. The second-order valence-corrected chi connectivity index (χ2v) is 5.67. The van der Waals surface area contributed by atoms with Gasteiger partial charge in [-0.05, 0) is 66.0 Å². The summed E-state index contributed by atoms with van der Waals surface area (Å²) in [7, 11) is 0. The van der Waals surface area contributed by atoms with Crippen molar-refractivity contribution in [2.45, 2.75) is 33.2 Å². The maximum atomic E-state index is 5.69. The van der Waals surface area contributed by atoms with Crippen LogP contribution < -0.4 is 5.32 Å². The molecule has 1 N–H and O–H groups in total. The summed E-state index contributed by atoms with van der Waals surface area (Å²) in [6.07, 6.45) is 0.946. The molecule has 1 atom stereocenters. The molecule has 1 aromatic carbocycles. The van der Waals surface area contributed by atoms with Crippen LogP contribution in [0.4, 0.5) is 0 Å². The molecule has 0 spiro atoms. The van der Waals surface area contributed by atoms with Crippen LogP contribution in [-0.4, -0.2) is 6.54 Å². The van der Waals surface area contributed by atoms with Gasteiger partial charge in [0, 0.05) is 0 Å². The molecule has 1 unspecified atom stereocenters. The van der Waals surface area contributed by atoms with Gasteiger partial charge in [0.05, 0.1) is 6.04 Å². The van der Waals surface area contributed by atoms with E-state index in [0.717, 1.165) is 23.4 Å². The fourth-order valence-corrected chi connectivity index (χ4v) is 2.59. The normalized spacial score (nSPS) is 12.6. The van der Waals surface area contributed by atoms with E-state index < -0.39 is 0 Å². The van der Waals surface area contributed by atoms with E-state index in [4.69, 9.17) is 4.42 Å². The SMILES string of the molecule is CCNC(Cc1cc(C)ccc1C)c1ccc(Br)o1. The first-order valence-electron chi connectivity index (χ1n) is 6.65. The molecule has 0 amide bonds. The van der Waals surface area contributed by atoms with Gasteiger partial charge in [-0.1, -0.05) is 30.7 Å². The Morgan fingerprint density at radius 2 is 2.00 bits per heavy atom. The summed E-state index contributed by atoms with van der Waals surface area (Å²) in [5, 5.41) is 3.49. The minimum atomic E-state index is 0.219. The molecule has 0 radical (unpaired) electrons. The average molecular weight is 322 g/mol. The Hall–Kier alpha value is -1.06. The molecule has 2 nitrogen and oxygen atoms in total. The Kier molecular flexibility index (Phi) is 4.83. The maximum absolute atomic E-state index is 5.69. The number of hydrogen-bond acceptors (Lipinski definition) is 2. The molecule has 1 heterocycles. The Morgan fingerprint density at radius 3 is 2.63 bits per heavy atom. The molecule has 3 heteroatoms. The van der Waals surface area contributed by atoms with Crippen LogP contribution in [0.5, 0.6) is 0 Å². The highest BCUT2D eigenvalue weighted by Gasteiger charge is 2.16. The van der Waals surface area contributed by atoms with Crippen LogP contribution in [-0.2, 0) is 6.42 Å². The van der Waals surface area contributed by atoms with Gasteiger partial charge in [0.1, 0.15) is 5.76 Å². The van der Waals surface area contributed by atoms with Gasteiger partial charge in [-0.2, -0.15) is 0 Å². The van der Waals surface area contributed by atoms with E-state index in [1.54, 1.807) is 0 Å². The maximum Gasteiger partial charge on any atom is 0.169 e. The topological polar surface area (TPSA) is 25.2 Å². The van der Waals surface area contributed by atoms with Gasteiger partial charge in [-0.3, -0.25) is 0 Å². The first-order valence-corrected chi connectivity index (χ1v) is 7.44. The lowest BCUT2D eigenvalue weighted by Gasteiger charge is -2.17. The third-order valence-corrected chi connectivity index (χ3v) is 3.74. The average Bonchev–Trinajstić information content (AvgIpc) is 2.80. The van der Waals surface area contributed by atoms with E-state index in [0.29, 0.717) is 0 Å². The third kappa shape index (κ3) is 3.71. The smallest absolute Gasteiger partial charge is 0.169 e. The monoisotopic (exact) mass is 321 g/mol. The van der Waals surface area contributed by atoms with Crippen LogP contribution in [0.3, 0.4) is 0 Å². The fraction of sp³-hybridized carbons (Fsp3) is 0.375. The summed E-state index contributed by atoms with van der Waals surface area (Å²) in [4.78, 5) is 0. The Labute approximate surface area is 123 Å². The van der Waals surface area contributed by atoms with E-state index in [1.807, 2.05) is 12.1 Å². The highest BCUT2D eigenvalue weighted by molar-refractivity contribution is 9.10. The number of furan rings is 1. The lowest BCUT2D eigenvalue weighted by atomic mass is 9.98. The molecule has 2 aromatic rings. The molecule has 0 fully saturated rings. The second kappa shape index (κ2) is 6.40. The van der Waals surface area contributed by atoms with Crippen molar-refractivity contribution in [1.82, 2.24) is 5.32 Å². The van der Waals surface area contributed by atoms with Gasteiger partial charge >= 0.3 is 0 Å². The van der Waals surface area contributed by atoms with Gasteiger partial charge in [-0.15, -0.1) is 0 Å². The van der Waals surface area contributed by atoms with E-state index in [9.17, 15) is 0 Å². The van der Waals surface area contributed by atoms with Crippen LogP contribution in [0.2, 0.25) is 0 Å². The van der Waals surface area contributed by atoms with Crippen LogP contribution >= 0.6 is 15.9 Å². The van der Waals surface area contributed by atoms with E-state index >= 15 is 0 Å². The van der Waals surface area contributed by atoms with Crippen molar-refractivity contribution in [3.63, 3.8) is 0 Å². The lowest BCUT2D eigenvalue weighted by molar-refractivity contribution is 0.405. The number of likely N-dealkylation sites (N-methyl/N-ethyl adjacent to an activating group) is 1. The quantitative estimate of drug-likeness (QED) is 0.873. The first-order chi connectivity index (χ1) is 9.10. The second-order valence-electron chi connectivity index (χ2n) is 4.89. The van der Waals surface area contributed by atoms with Crippen molar-refractivity contribution >= 4 is 15.9 Å². The predicted octanol–water partition coefficient (Wildman–Crippen LogP) is 4.55. The third-order valence-electron chi connectivity index (χ3n) is 3.32. The number of benzene rings is 1. The molecule has 0 aliphatic rings. The van der Waals surface area contributed by atoms with Crippen molar-refractivity contribution in [2.24, 2.45) is 0 Å². The van der Waals surface area contributed by atoms with Crippen molar-refractivity contribution in [1.29, 1.82) is 0 Å². The number of hydrogen-bond donors (Lipinski definition) is 1. The fourth-order valence-electron chi connectivity index (χ4n) is 2.28. The minimum Gasteiger partial charge on any atom is -0.453 e. The summed E-state index contributed by atoms with van der Waals surface area (Å²) in [6, 6.07) is 10.8. The molecule has 0 aliphatic carbocycles. The van der Waals surface area contributed by atoms with Gasteiger partial charge in [0.2, 0.25) is 0 Å². The van der Waals surface area contributed by atoms with Gasteiger partial charge in [-0.25, -0.2) is 0 Å². The molecule has 102 valence electrons. The number of aryl methyl sites for hydroxylation is 2. The molecule has 0 aliphatic heterocycles. The van der Waals surface area contributed by atoms with Crippen LogP contribution in [0.1, 0.15) is 35.4 Å². The Morgan fingerprint density at radius 1 is 1.21 bits per heavy atom. The van der Waals surface area contributed by atoms with Gasteiger partial charge < -0.3 is 9.73 Å². The zero-order valence-corrected chi connectivity index (χ0v) is 13.3. The number of halogens is 1. The molecule has 19 heavy (non-hydrogen) atoms. The summed E-state index contributed by atoms with van der Waals surface area (Å²) in [5.74, 6) is 0.981. The molecule has 2 rings (SSSR count). The molecular weight excluding hydrogens is 302 g/mol. The lowest BCUT2D eigenvalue weighted by Crippen LogP contribution is -2.22. The van der Waals surface area contributed by atoms with Crippen LogP contribution in [0.25, 0.3) is 0 Å². The first kappa shape index (κ1) is 14.4. The molecule has 0 saturated carbocycles. The van der Waals surface area contributed by atoms with Gasteiger partial charge in [0.15, 0.2) is 4.67 Å². The Balaban J connectivity index is 2.23. The van der Waals surface area contributed by atoms with E-state index in [2.05, 4.69) is 60.2 Å². The standard InChI is InChI=1S/C16H20BrNO/c1-4-18-14(15-7-8-16(17)19-15)10-13-9-11(2)5-6-12(13)3/h5-9,14,18H,4,10H2,1-3H3. The highest BCUT2D eigenvalue weighted by atomic mass is 79.9. The van der Waals surface area contributed by atoms with E-state index in [1.165, 1.54) is 16.7 Å². The minimum absolute atomic E-state index is 0.219. The largest absolute Gasteiger partial charge is 0.453 e. The Bertz CT molecular complexity index is 547. The predicted molar refractivity (Wildman–Crippen MR) is 82.4 cm³/mol. The van der Waals surface area contributed by atoms with Crippen molar-refractivity contribution in [2.75, 3.05) is 6.54 Å². The molecule has 0 saturated heterocycles. The van der Waals surface area contributed by atoms with Gasteiger partial charge in [0.25, 0.3) is 0 Å². The zero-order chi connectivity index (χ0) is 13.8. The molecule has 1 aromatic heterocycles. The van der Waals surface area contributed by atoms with Crippen LogP contribution in [0.15, 0.2) is 39.4 Å². The zero-order valence-electron chi connectivity index (χ0n) is 11.7. The summed E-state index contributed by atoms with van der Waals surface area (Å²) in [5.41, 5.74) is 4.01. The van der Waals surface area contributed by atoms with Crippen LogP contribution in [0, 0.1) is 13.8 Å². The van der Waals surface area contributed by atoms with E-state index in [-0.39, 0.29) is 6.04 Å². The van der Waals surface area contributed by atoms with Crippen molar-refractivity contribution < 1.29 is 4.42 Å². The molecule has 0 bridgehead atoms. The van der Waals surface area contributed by atoms with Crippen molar-refractivity contribution in [3.8, 4) is 0 Å². The summed E-state index contributed by atoms with van der Waals surface area (Å²) >= 11 is 3.37. The summed E-state index contributed by atoms with van der Waals surface area (Å²) in [6.45, 7) is 7.34. The number of nitrogens with one attached hydrogen (secondary N) is 1. The summed E-state index contributed by atoms with van der Waals surface area (Å²) < 4.78 is 6.48.